The van der Waals surface area contributed by atoms with E-state index in [1.807, 2.05) is 0 Å². The lowest BCUT2D eigenvalue weighted by Gasteiger charge is -2.35. The Labute approximate surface area is 161 Å². The summed E-state index contributed by atoms with van der Waals surface area (Å²) in [6, 6.07) is 4.27. The lowest BCUT2D eigenvalue weighted by atomic mass is 10.1. The highest BCUT2D eigenvalue weighted by Crippen LogP contribution is 2.32. The summed E-state index contributed by atoms with van der Waals surface area (Å²) in [6.07, 6.45) is 0.437. The first-order chi connectivity index (χ1) is 12.9. The lowest BCUT2D eigenvalue weighted by Crippen LogP contribution is -2.51. The molecule has 2 aliphatic rings. The Morgan fingerprint density at radius 1 is 1.07 bits per heavy atom. The molecule has 0 atom stereocenters. The van der Waals surface area contributed by atoms with Crippen molar-refractivity contribution < 1.29 is 14.4 Å². The number of carbonyl (C=O) groups is 3. The van der Waals surface area contributed by atoms with Gasteiger partial charge < -0.3 is 9.80 Å². The number of rotatable bonds is 3. The van der Waals surface area contributed by atoms with Crippen molar-refractivity contribution in [3.63, 3.8) is 0 Å². The van der Waals surface area contributed by atoms with Crippen LogP contribution < -0.4 is 4.90 Å². The molecule has 0 radical (unpaired) electrons. The molecule has 2 fully saturated rings. The molecule has 0 spiro atoms. The number of piperazine rings is 1. The lowest BCUT2D eigenvalue weighted by molar-refractivity contribution is -0.145. The standard InChI is InChI=1S/C19H22N4O3S/c1-12-9-13(2)18-14(10-12)20-19(27-18)22-7-5-21(6-8-22)17(26)11-23-15(24)3-4-16(23)25/h9-10H,3-8,11H2,1-2H3. The van der Waals surface area contributed by atoms with Crippen molar-refractivity contribution in [2.24, 2.45) is 0 Å². The molecule has 2 aromatic rings. The van der Waals surface area contributed by atoms with Crippen LogP contribution in [-0.4, -0.2) is 65.2 Å². The first-order valence-corrected chi connectivity index (χ1v) is 9.98. The number of aromatic nitrogens is 1. The summed E-state index contributed by atoms with van der Waals surface area (Å²) in [4.78, 5) is 45.7. The number of anilines is 1. The van der Waals surface area contributed by atoms with E-state index >= 15 is 0 Å². The largest absolute Gasteiger partial charge is 0.345 e. The zero-order chi connectivity index (χ0) is 19.1. The molecule has 142 valence electrons. The number of thiazole rings is 1. The van der Waals surface area contributed by atoms with Crippen LogP contribution >= 0.6 is 11.3 Å². The highest BCUT2D eigenvalue weighted by atomic mass is 32.1. The minimum absolute atomic E-state index is 0.128. The van der Waals surface area contributed by atoms with Gasteiger partial charge in [0, 0.05) is 39.0 Å². The smallest absolute Gasteiger partial charge is 0.242 e. The van der Waals surface area contributed by atoms with Crippen LogP contribution in [0.15, 0.2) is 12.1 Å². The van der Waals surface area contributed by atoms with Crippen molar-refractivity contribution in [2.45, 2.75) is 26.7 Å². The van der Waals surface area contributed by atoms with Gasteiger partial charge in [0.05, 0.1) is 10.2 Å². The van der Waals surface area contributed by atoms with Gasteiger partial charge in [-0.2, -0.15) is 0 Å². The second kappa shape index (κ2) is 6.92. The molecule has 0 N–H and O–H groups in total. The van der Waals surface area contributed by atoms with Crippen molar-refractivity contribution >= 4 is 44.4 Å². The molecule has 27 heavy (non-hydrogen) atoms. The molecular formula is C19H22N4O3S. The summed E-state index contributed by atoms with van der Waals surface area (Å²) in [5, 5.41) is 0.982. The average Bonchev–Trinajstić information content (AvgIpc) is 3.20. The third-order valence-electron chi connectivity index (χ3n) is 5.16. The van der Waals surface area contributed by atoms with Crippen molar-refractivity contribution in [1.82, 2.24) is 14.8 Å². The molecular weight excluding hydrogens is 364 g/mol. The average molecular weight is 386 g/mol. The molecule has 4 rings (SSSR count). The fourth-order valence-corrected chi connectivity index (χ4v) is 4.75. The minimum Gasteiger partial charge on any atom is -0.345 e. The van der Waals surface area contributed by atoms with Crippen LogP contribution in [0.3, 0.4) is 0 Å². The summed E-state index contributed by atoms with van der Waals surface area (Å²) < 4.78 is 1.21. The summed E-state index contributed by atoms with van der Waals surface area (Å²) in [5.74, 6) is -0.645. The number of carbonyl (C=O) groups excluding carboxylic acids is 3. The van der Waals surface area contributed by atoms with Gasteiger partial charge in [-0.3, -0.25) is 19.3 Å². The van der Waals surface area contributed by atoms with Crippen molar-refractivity contribution in [3.05, 3.63) is 23.3 Å². The van der Waals surface area contributed by atoms with Crippen LogP contribution in [0.1, 0.15) is 24.0 Å². The summed E-state index contributed by atoms with van der Waals surface area (Å²) >= 11 is 1.69. The molecule has 3 heterocycles. The number of fused-ring (bicyclic) bond motifs is 1. The highest BCUT2D eigenvalue weighted by molar-refractivity contribution is 7.22. The number of aryl methyl sites for hydroxylation is 2. The van der Waals surface area contributed by atoms with E-state index in [9.17, 15) is 14.4 Å². The maximum atomic E-state index is 12.5. The quantitative estimate of drug-likeness (QED) is 0.751. The molecule has 1 aromatic carbocycles. The summed E-state index contributed by atoms with van der Waals surface area (Å²) in [5.41, 5.74) is 3.47. The number of imide groups is 1. The van der Waals surface area contributed by atoms with Gasteiger partial charge in [-0.1, -0.05) is 17.4 Å². The number of likely N-dealkylation sites (tertiary alicyclic amines) is 1. The van der Waals surface area contributed by atoms with Crippen LogP contribution in [0.25, 0.3) is 10.2 Å². The number of amides is 3. The van der Waals surface area contributed by atoms with Gasteiger partial charge in [0.15, 0.2) is 5.13 Å². The molecule has 0 unspecified atom stereocenters. The summed E-state index contributed by atoms with van der Waals surface area (Å²) in [7, 11) is 0. The molecule has 8 heteroatoms. The van der Waals surface area contributed by atoms with E-state index in [2.05, 4.69) is 30.9 Å². The zero-order valence-electron chi connectivity index (χ0n) is 15.5. The Bertz CT molecular complexity index is 914. The fraction of sp³-hybridized carbons (Fsp3) is 0.474. The fourth-order valence-electron chi connectivity index (χ4n) is 3.68. The summed E-state index contributed by atoms with van der Waals surface area (Å²) in [6.45, 7) is 6.60. The first-order valence-electron chi connectivity index (χ1n) is 9.16. The number of hydrogen-bond acceptors (Lipinski definition) is 6. The van der Waals surface area contributed by atoms with E-state index in [0.717, 1.165) is 15.5 Å². The molecule has 3 amide bonds. The molecule has 7 nitrogen and oxygen atoms in total. The number of benzene rings is 1. The van der Waals surface area contributed by atoms with Crippen molar-refractivity contribution in [1.29, 1.82) is 0 Å². The third kappa shape index (κ3) is 3.41. The van der Waals surface area contributed by atoms with Gasteiger partial charge in [-0.15, -0.1) is 0 Å². The van der Waals surface area contributed by atoms with Gasteiger partial charge in [0.25, 0.3) is 0 Å². The Kier molecular flexibility index (Phi) is 4.59. The van der Waals surface area contributed by atoms with Crippen LogP contribution in [0.4, 0.5) is 5.13 Å². The molecule has 2 aliphatic heterocycles. The van der Waals surface area contributed by atoms with Gasteiger partial charge >= 0.3 is 0 Å². The number of nitrogens with zero attached hydrogens (tertiary/aromatic N) is 4. The molecule has 0 bridgehead atoms. The van der Waals surface area contributed by atoms with E-state index < -0.39 is 0 Å². The SMILES string of the molecule is Cc1cc(C)c2sc(N3CCN(C(=O)CN4C(=O)CCC4=O)CC3)nc2c1. The highest BCUT2D eigenvalue weighted by Gasteiger charge is 2.32. The molecule has 2 saturated heterocycles. The third-order valence-corrected chi connectivity index (χ3v) is 6.43. The normalized spacial score (nSPS) is 18.1. The van der Waals surface area contributed by atoms with Crippen molar-refractivity contribution in [3.8, 4) is 0 Å². The van der Waals surface area contributed by atoms with E-state index in [0.29, 0.717) is 26.2 Å². The minimum atomic E-state index is -0.243. The first kappa shape index (κ1) is 17.9. The molecule has 1 aromatic heterocycles. The topological polar surface area (TPSA) is 73.8 Å². The maximum absolute atomic E-state index is 12.5. The van der Waals surface area contributed by atoms with Crippen LogP contribution in [0.5, 0.6) is 0 Å². The zero-order valence-corrected chi connectivity index (χ0v) is 16.3. The Hall–Kier alpha value is -2.48. The van der Waals surface area contributed by atoms with Gasteiger partial charge in [0.1, 0.15) is 6.54 Å². The maximum Gasteiger partial charge on any atom is 0.242 e. The predicted octanol–water partition coefficient (Wildman–Crippen LogP) is 1.71. The Balaban J connectivity index is 1.40. The second-order valence-electron chi connectivity index (χ2n) is 7.17. The Morgan fingerprint density at radius 3 is 2.41 bits per heavy atom. The van der Waals surface area contributed by atoms with E-state index in [1.165, 1.54) is 15.8 Å². The van der Waals surface area contributed by atoms with Gasteiger partial charge in [-0.25, -0.2) is 4.98 Å². The van der Waals surface area contributed by atoms with Gasteiger partial charge in [0.2, 0.25) is 17.7 Å². The number of hydrogen-bond donors (Lipinski definition) is 0. The Morgan fingerprint density at radius 2 is 1.74 bits per heavy atom. The van der Waals surface area contributed by atoms with Gasteiger partial charge in [-0.05, 0) is 31.0 Å². The van der Waals surface area contributed by atoms with Crippen LogP contribution in [-0.2, 0) is 14.4 Å². The van der Waals surface area contributed by atoms with Crippen molar-refractivity contribution in [2.75, 3.05) is 37.6 Å². The predicted molar refractivity (Wildman–Crippen MR) is 104 cm³/mol. The van der Waals surface area contributed by atoms with E-state index in [1.54, 1.807) is 16.2 Å². The van der Waals surface area contributed by atoms with E-state index in [4.69, 9.17) is 4.98 Å². The molecule has 0 aliphatic carbocycles. The van der Waals surface area contributed by atoms with Crippen LogP contribution in [0, 0.1) is 13.8 Å². The van der Waals surface area contributed by atoms with E-state index in [-0.39, 0.29) is 37.1 Å². The second-order valence-corrected chi connectivity index (χ2v) is 8.15. The van der Waals surface area contributed by atoms with Crippen LogP contribution in [0.2, 0.25) is 0 Å². The molecule has 0 saturated carbocycles. The monoisotopic (exact) mass is 386 g/mol.